The summed E-state index contributed by atoms with van der Waals surface area (Å²) < 4.78 is 0. The van der Waals surface area contributed by atoms with Gasteiger partial charge in [0.2, 0.25) is 0 Å². The predicted molar refractivity (Wildman–Crippen MR) is 65.2 cm³/mol. The standard InChI is InChI=1S/C14H17N/c1-4-10(2)14-11(3)9-12-7-5-6-8-13(12)15-14/h5-10H,4H2,1-3H3. The maximum atomic E-state index is 4.75. The molecule has 0 saturated heterocycles. The molecule has 0 N–H and O–H groups in total. The summed E-state index contributed by atoms with van der Waals surface area (Å²) in [4.78, 5) is 4.75. The van der Waals surface area contributed by atoms with Crippen LogP contribution in [0.5, 0.6) is 0 Å². The smallest absolute Gasteiger partial charge is 0.0705 e. The molecule has 0 saturated carbocycles. The lowest BCUT2D eigenvalue weighted by atomic mass is 9.99. The summed E-state index contributed by atoms with van der Waals surface area (Å²) >= 11 is 0. The molecule has 2 aromatic rings. The van der Waals surface area contributed by atoms with Crippen molar-refractivity contribution in [3.05, 3.63) is 41.6 Å². The Morgan fingerprint density at radius 3 is 2.73 bits per heavy atom. The molecule has 0 aliphatic carbocycles. The lowest BCUT2D eigenvalue weighted by Crippen LogP contribution is -1.99. The first-order valence-corrected chi connectivity index (χ1v) is 5.58. The van der Waals surface area contributed by atoms with Gasteiger partial charge in [0.25, 0.3) is 0 Å². The first-order valence-electron chi connectivity index (χ1n) is 5.58. The largest absolute Gasteiger partial charge is 0.252 e. The van der Waals surface area contributed by atoms with Gasteiger partial charge in [0.1, 0.15) is 0 Å². The van der Waals surface area contributed by atoms with E-state index in [4.69, 9.17) is 4.98 Å². The molecule has 0 aliphatic rings. The van der Waals surface area contributed by atoms with Gasteiger partial charge in [-0.2, -0.15) is 0 Å². The summed E-state index contributed by atoms with van der Waals surface area (Å²) in [6, 6.07) is 10.6. The van der Waals surface area contributed by atoms with E-state index in [2.05, 4.69) is 45.0 Å². The average molecular weight is 199 g/mol. The Morgan fingerprint density at radius 1 is 1.27 bits per heavy atom. The van der Waals surface area contributed by atoms with E-state index in [0.29, 0.717) is 5.92 Å². The highest BCUT2D eigenvalue weighted by atomic mass is 14.7. The molecule has 1 aromatic carbocycles. The second-order valence-electron chi connectivity index (χ2n) is 4.19. The van der Waals surface area contributed by atoms with Crippen molar-refractivity contribution >= 4 is 10.9 Å². The molecular weight excluding hydrogens is 182 g/mol. The van der Waals surface area contributed by atoms with Crippen LogP contribution in [0.4, 0.5) is 0 Å². The van der Waals surface area contributed by atoms with Gasteiger partial charge in [-0.3, -0.25) is 4.98 Å². The van der Waals surface area contributed by atoms with Crippen LogP contribution in [0.1, 0.15) is 37.4 Å². The van der Waals surface area contributed by atoms with Gasteiger partial charge >= 0.3 is 0 Å². The molecule has 0 bridgehead atoms. The highest BCUT2D eigenvalue weighted by molar-refractivity contribution is 5.79. The lowest BCUT2D eigenvalue weighted by molar-refractivity contribution is 0.706. The Bertz CT molecular complexity index is 474. The summed E-state index contributed by atoms with van der Waals surface area (Å²) in [5, 5.41) is 1.24. The highest BCUT2D eigenvalue weighted by Crippen LogP contribution is 2.23. The quantitative estimate of drug-likeness (QED) is 0.710. The molecule has 0 amide bonds. The van der Waals surface area contributed by atoms with Crippen LogP contribution in [-0.2, 0) is 0 Å². The molecule has 1 nitrogen and oxygen atoms in total. The zero-order valence-electron chi connectivity index (χ0n) is 9.62. The normalized spacial score (nSPS) is 13.0. The van der Waals surface area contributed by atoms with E-state index < -0.39 is 0 Å². The van der Waals surface area contributed by atoms with Crippen LogP contribution in [0, 0.1) is 6.92 Å². The number of aromatic nitrogens is 1. The molecular formula is C14H17N. The fourth-order valence-corrected chi connectivity index (χ4v) is 1.93. The Labute approximate surface area is 91.2 Å². The number of nitrogens with zero attached hydrogens (tertiary/aromatic N) is 1. The van der Waals surface area contributed by atoms with E-state index in [-0.39, 0.29) is 0 Å². The van der Waals surface area contributed by atoms with Crippen molar-refractivity contribution in [3.63, 3.8) is 0 Å². The highest BCUT2D eigenvalue weighted by Gasteiger charge is 2.09. The summed E-state index contributed by atoms with van der Waals surface area (Å²) in [5.41, 5.74) is 3.66. The zero-order valence-corrected chi connectivity index (χ0v) is 9.62. The van der Waals surface area contributed by atoms with Crippen molar-refractivity contribution in [2.45, 2.75) is 33.1 Å². The molecule has 0 fully saturated rings. The van der Waals surface area contributed by atoms with Crippen molar-refractivity contribution < 1.29 is 0 Å². The molecule has 1 atom stereocenters. The number of hydrogen-bond acceptors (Lipinski definition) is 1. The Hall–Kier alpha value is -1.37. The van der Waals surface area contributed by atoms with Gasteiger partial charge in [-0.1, -0.05) is 32.0 Å². The minimum Gasteiger partial charge on any atom is -0.252 e. The van der Waals surface area contributed by atoms with Crippen LogP contribution in [0.25, 0.3) is 10.9 Å². The fraction of sp³-hybridized carbons (Fsp3) is 0.357. The molecule has 2 rings (SSSR count). The van der Waals surface area contributed by atoms with Gasteiger partial charge in [0, 0.05) is 11.1 Å². The Kier molecular flexibility index (Phi) is 2.72. The molecule has 1 heteroatoms. The number of benzene rings is 1. The maximum Gasteiger partial charge on any atom is 0.0705 e. The third-order valence-electron chi connectivity index (χ3n) is 3.03. The lowest BCUT2D eigenvalue weighted by Gasteiger charge is -2.12. The summed E-state index contributed by atoms with van der Waals surface area (Å²) in [6.45, 7) is 6.60. The number of pyridine rings is 1. The second-order valence-corrected chi connectivity index (χ2v) is 4.19. The van der Waals surface area contributed by atoms with Crippen molar-refractivity contribution in [3.8, 4) is 0 Å². The van der Waals surface area contributed by atoms with E-state index in [1.54, 1.807) is 0 Å². The van der Waals surface area contributed by atoms with Gasteiger partial charge in [0.05, 0.1) is 5.52 Å². The topological polar surface area (TPSA) is 12.9 Å². The van der Waals surface area contributed by atoms with E-state index in [1.165, 1.54) is 16.6 Å². The van der Waals surface area contributed by atoms with Crippen LogP contribution in [0.3, 0.4) is 0 Å². The minimum atomic E-state index is 0.551. The summed E-state index contributed by atoms with van der Waals surface area (Å²) in [7, 11) is 0. The predicted octanol–water partition coefficient (Wildman–Crippen LogP) is 4.06. The molecule has 1 heterocycles. The van der Waals surface area contributed by atoms with E-state index >= 15 is 0 Å². The molecule has 0 radical (unpaired) electrons. The van der Waals surface area contributed by atoms with Crippen LogP contribution < -0.4 is 0 Å². The van der Waals surface area contributed by atoms with Crippen molar-refractivity contribution in [2.24, 2.45) is 0 Å². The molecule has 15 heavy (non-hydrogen) atoms. The number of hydrogen-bond donors (Lipinski definition) is 0. The number of aryl methyl sites for hydroxylation is 1. The van der Waals surface area contributed by atoms with Crippen LogP contribution >= 0.6 is 0 Å². The van der Waals surface area contributed by atoms with Gasteiger partial charge in [-0.05, 0) is 37.0 Å². The maximum absolute atomic E-state index is 4.75. The first-order chi connectivity index (χ1) is 7.22. The fourth-order valence-electron chi connectivity index (χ4n) is 1.93. The van der Waals surface area contributed by atoms with Crippen LogP contribution in [-0.4, -0.2) is 4.98 Å². The van der Waals surface area contributed by atoms with Gasteiger partial charge < -0.3 is 0 Å². The number of fused-ring (bicyclic) bond motifs is 1. The summed E-state index contributed by atoms with van der Waals surface area (Å²) in [5.74, 6) is 0.551. The van der Waals surface area contributed by atoms with Gasteiger partial charge in [-0.15, -0.1) is 0 Å². The van der Waals surface area contributed by atoms with E-state index in [0.717, 1.165) is 11.9 Å². The molecule has 1 unspecified atom stereocenters. The Morgan fingerprint density at radius 2 is 2.00 bits per heavy atom. The molecule has 78 valence electrons. The average Bonchev–Trinajstić information content (AvgIpc) is 2.27. The third kappa shape index (κ3) is 1.87. The molecule has 1 aromatic heterocycles. The zero-order chi connectivity index (χ0) is 10.8. The SMILES string of the molecule is CCC(C)c1nc2ccccc2cc1C. The van der Waals surface area contributed by atoms with E-state index in [1.807, 2.05) is 6.07 Å². The first kappa shape index (κ1) is 10.2. The van der Waals surface area contributed by atoms with Crippen molar-refractivity contribution in [2.75, 3.05) is 0 Å². The van der Waals surface area contributed by atoms with Crippen molar-refractivity contribution in [1.82, 2.24) is 4.98 Å². The van der Waals surface area contributed by atoms with E-state index in [9.17, 15) is 0 Å². The van der Waals surface area contributed by atoms with Gasteiger partial charge in [0.15, 0.2) is 0 Å². The second kappa shape index (κ2) is 4.01. The Balaban J connectivity index is 2.61. The molecule has 0 spiro atoms. The monoisotopic (exact) mass is 199 g/mol. The van der Waals surface area contributed by atoms with Crippen LogP contribution in [0.2, 0.25) is 0 Å². The number of para-hydroxylation sites is 1. The minimum absolute atomic E-state index is 0.551. The third-order valence-corrected chi connectivity index (χ3v) is 3.03. The van der Waals surface area contributed by atoms with Gasteiger partial charge in [-0.25, -0.2) is 0 Å². The van der Waals surface area contributed by atoms with Crippen molar-refractivity contribution in [1.29, 1.82) is 0 Å². The molecule has 0 aliphatic heterocycles. The number of rotatable bonds is 2. The summed E-state index contributed by atoms with van der Waals surface area (Å²) in [6.07, 6.45) is 1.15. The van der Waals surface area contributed by atoms with Crippen LogP contribution in [0.15, 0.2) is 30.3 Å².